The number of sulfonamides is 1. The number of alkyl halides is 2. The van der Waals surface area contributed by atoms with Gasteiger partial charge in [-0.3, -0.25) is 15.0 Å². The fourth-order valence-corrected chi connectivity index (χ4v) is 6.26. The van der Waals surface area contributed by atoms with Crippen LogP contribution in [0.5, 0.6) is 0 Å². The van der Waals surface area contributed by atoms with Gasteiger partial charge in [0.25, 0.3) is 11.8 Å². The van der Waals surface area contributed by atoms with Crippen molar-refractivity contribution in [3.8, 4) is 0 Å². The summed E-state index contributed by atoms with van der Waals surface area (Å²) in [6, 6.07) is 2.95. The zero-order valence-electron chi connectivity index (χ0n) is 16.8. The first kappa shape index (κ1) is 23.0. The molecule has 2 N–H and O–H groups in total. The lowest BCUT2D eigenvalue weighted by atomic mass is 9.93. The van der Waals surface area contributed by atoms with Gasteiger partial charge in [-0.1, -0.05) is 6.92 Å². The summed E-state index contributed by atoms with van der Waals surface area (Å²) >= 11 is 0. The second-order valence-corrected chi connectivity index (χ2v) is 10.0. The van der Waals surface area contributed by atoms with Gasteiger partial charge >= 0.3 is 0 Å². The molecule has 2 fully saturated rings. The summed E-state index contributed by atoms with van der Waals surface area (Å²) in [5.74, 6) is -3.92. The maximum absolute atomic E-state index is 13.8. The molecule has 2 aliphatic rings. The zero-order chi connectivity index (χ0) is 22.0. The number of pyridine rings is 1. The number of amides is 1. The SMILES string of the molecule is CCC(F)(F)c1ccc(C2CCN(S(=O)(=O)C3(C(=O)NO)CCOCC3)CC2)nc1. The van der Waals surface area contributed by atoms with Crippen molar-refractivity contribution in [3.63, 3.8) is 0 Å². The van der Waals surface area contributed by atoms with E-state index in [-0.39, 0.29) is 57.0 Å². The lowest BCUT2D eigenvalue weighted by molar-refractivity contribution is -0.134. The molecule has 11 heteroatoms. The molecular weight excluding hydrogens is 420 g/mol. The van der Waals surface area contributed by atoms with E-state index < -0.39 is 26.6 Å². The van der Waals surface area contributed by atoms with E-state index in [9.17, 15) is 22.0 Å². The molecular formula is C19H27F2N3O5S. The van der Waals surface area contributed by atoms with Crippen LogP contribution in [0.1, 0.15) is 56.2 Å². The fraction of sp³-hybridized carbons (Fsp3) is 0.684. The largest absolute Gasteiger partial charge is 0.381 e. The predicted molar refractivity (Wildman–Crippen MR) is 104 cm³/mol. The molecule has 0 aliphatic carbocycles. The number of hydrogen-bond donors (Lipinski definition) is 2. The molecule has 0 radical (unpaired) electrons. The Balaban J connectivity index is 1.72. The van der Waals surface area contributed by atoms with Gasteiger partial charge in [-0.25, -0.2) is 27.0 Å². The number of nitrogens with zero attached hydrogens (tertiary/aromatic N) is 2. The molecule has 30 heavy (non-hydrogen) atoms. The standard InChI is InChI=1S/C19H27F2N3O5S/c1-2-19(20,21)15-3-4-16(22-13-15)14-5-9-24(10-6-14)30(27,28)18(17(25)23-26)7-11-29-12-8-18/h3-4,13-14,26H,2,5-12H2,1H3,(H,23,25). The molecule has 8 nitrogen and oxygen atoms in total. The minimum Gasteiger partial charge on any atom is -0.381 e. The van der Waals surface area contributed by atoms with Crippen LogP contribution < -0.4 is 5.48 Å². The maximum atomic E-state index is 13.8. The molecule has 0 atom stereocenters. The van der Waals surface area contributed by atoms with E-state index in [2.05, 4.69) is 4.98 Å². The Morgan fingerprint density at radius 3 is 2.47 bits per heavy atom. The number of piperidine rings is 1. The van der Waals surface area contributed by atoms with Gasteiger partial charge in [0.15, 0.2) is 4.75 Å². The van der Waals surface area contributed by atoms with Crippen molar-refractivity contribution in [2.24, 2.45) is 0 Å². The van der Waals surface area contributed by atoms with E-state index in [1.165, 1.54) is 29.0 Å². The number of ether oxygens (including phenoxy) is 1. The van der Waals surface area contributed by atoms with Crippen LogP contribution >= 0.6 is 0 Å². The Labute approximate surface area is 174 Å². The Morgan fingerprint density at radius 2 is 1.97 bits per heavy atom. The third-order valence-electron chi connectivity index (χ3n) is 6.17. The van der Waals surface area contributed by atoms with Crippen molar-refractivity contribution >= 4 is 15.9 Å². The highest BCUT2D eigenvalue weighted by atomic mass is 32.2. The van der Waals surface area contributed by atoms with Gasteiger partial charge in [-0.05, 0) is 25.0 Å². The first-order chi connectivity index (χ1) is 14.2. The third-order valence-corrected chi connectivity index (χ3v) is 8.80. The van der Waals surface area contributed by atoms with Crippen LogP contribution in [0.15, 0.2) is 18.3 Å². The number of rotatable bonds is 6. The molecule has 0 spiro atoms. The quantitative estimate of drug-likeness (QED) is 0.511. The summed E-state index contributed by atoms with van der Waals surface area (Å²) in [5, 5.41) is 9.12. The molecule has 168 valence electrons. The lowest BCUT2D eigenvalue weighted by Gasteiger charge is -2.40. The summed E-state index contributed by atoms with van der Waals surface area (Å²) in [6.45, 7) is 2.00. The fourth-order valence-electron chi connectivity index (χ4n) is 4.11. The normalized spacial score (nSPS) is 21.3. The van der Waals surface area contributed by atoms with E-state index in [4.69, 9.17) is 9.94 Å². The van der Waals surface area contributed by atoms with Crippen LogP contribution in [0.2, 0.25) is 0 Å². The van der Waals surface area contributed by atoms with E-state index in [1.54, 1.807) is 6.07 Å². The third kappa shape index (κ3) is 4.08. The first-order valence-corrected chi connectivity index (χ1v) is 11.5. The Hall–Kier alpha value is -1.69. The van der Waals surface area contributed by atoms with Crippen LogP contribution in [-0.4, -0.2) is 59.9 Å². The van der Waals surface area contributed by atoms with Gasteiger partial charge in [0.05, 0.1) is 0 Å². The molecule has 2 saturated heterocycles. The van der Waals surface area contributed by atoms with Crippen molar-refractivity contribution < 1.29 is 31.9 Å². The van der Waals surface area contributed by atoms with Crippen LogP contribution in [0.4, 0.5) is 8.78 Å². The minimum absolute atomic E-state index is 0.0314. The molecule has 2 aliphatic heterocycles. The number of halogens is 2. The van der Waals surface area contributed by atoms with Crippen molar-refractivity contribution in [2.75, 3.05) is 26.3 Å². The van der Waals surface area contributed by atoms with Gasteiger partial charge in [-0.15, -0.1) is 0 Å². The van der Waals surface area contributed by atoms with Crippen LogP contribution in [0, 0.1) is 0 Å². The summed E-state index contributed by atoms with van der Waals surface area (Å²) in [6.07, 6.45) is 1.74. The van der Waals surface area contributed by atoms with Crippen LogP contribution in [-0.2, 0) is 25.5 Å². The van der Waals surface area contributed by atoms with Gasteiger partial charge < -0.3 is 4.74 Å². The molecule has 1 aromatic heterocycles. The van der Waals surface area contributed by atoms with Crippen LogP contribution in [0.25, 0.3) is 0 Å². The highest BCUT2D eigenvalue weighted by molar-refractivity contribution is 7.91. The number of nitrogens with one attached hydrogen (secondary N) is 1. The smallest absolute Gasteiger partial charge is 0.274 e. The first-order valence-electron chi connectivity index (χ1n) is 10.0. The summed E-state index contributed by atoms with van der Waals surface area (Å²) in [7, 11) is -4.03. The average Bonchev–Trinajstić information content (AvgIpc) is 2.79. The number of hydrogen-bond acceptors (Lipinski definition) is 6. The maximum Gasteiger partial charge on any atom is 0.274 e. The van der Waals surface area contributed by atoms with Gasteiger partial charge in [-0.2, -0.15) is 0 Å². The molecule has 1 amide bonds. The minimum atomic E-state index is -4.03. The van der Waals surface area contributed by atoms with E-state index in [1.807, 2.05) is 0 Å². The number of carbonyl (C=O) groups excluding carboxylic acids is 1. The molecule has 3 heterocycles. The van der Waals surface area contributed by atoms with E-state index >= 15 is 0 Å². The number of aromatic nitrogens is 1. The van der Waals surface area contributed by atoms with Crippen molar-refractivity contribution in [1.29, 1.82) is 0 Å². The topological polar surface area (TPSA) is 109 Å². The number of carbonyl (C=O) groups is 1. The second-order valence-electron chi connectivity index (χ2n) is 7.76. The Kier molecular flexibility index (Phi) is 6.75. The highest BCUT2D eigenvalue weighted by Crippen LogP contribution is 2.37. The monoisotopic (exact) mass is 447 g/mol. The predicted octanol–water partition coefficient (Wildman–Crippen LogP) is 2.15. The molecule has 0 saturated carbocycles. The second kappa shape index (κ2) is 8.81. The van der Waals surface area contributed by atoms with E-state index in [0.717, 1.165) is 0 Å². The zero-order valence-corrected chi connectivity index (χ0v) is 17.6. The van der Waals surface area contributed by atoms with Gasteiger partial charge in [0.2, 0.25) is 10.0 Å². The number of hydroxylamine groups is 1. The van der Waals surface area contributed by atoms with Gasteiger partial charge in [0.1, 0.15) is 0 Å². The summed E-state index contributed by atoms with van der Waals surface area (Å²) in [4.78, 5) is 16.5. The van der Waals surface area contributed by atoms with Crippen LogP contribution in [0.3, 0.4) is 0 Å². The molecule has 0 aromatic carbocycles. The van der Waals surface area contributed by atoms with Crippen molar-refractivity contribution in [1.82, 2.24) is 14.8 Å². The molecule has 0 bridgehead atoms. The van der Waals surface area contributed by atoms with E-state index in [0.29, 0.717) is 18.5 Å². The molecule has 1 aromatic rings. The lowest BCUT2D eigenvalue weighted by Crippen LogP contribution is -2.60. The Morgan fingerprint density at radius 1 is 1.33 bits per heavy atom. The van der Waals surface area contributed by atoms with Crippen molar-refractivity contribution in [2.45, 2.75) is 55.6 Å². The summed E-state index contributed by atoms with van der Waals surface area (Å²) in [5.41, 5.74) is 2.02. The highest BCUT2D eigenvalue weighted by Gasteiger charge is 2.54. The van der Waals surface area contributed by atoms with Crippen molar-refractivity contribution in [3.05, 3.63) is 29.6 Å². The Bertz CT molecular complexity index is 849. The summed E-state index contributed by atoms with van der Waals surface area (Å²) < 4.78 is 58.9. The molecule has 0 unspecified atom stereocenters. The van der Waals surface area contributed by atoms with Gasteiger partial charge in [0, 0.05) is 68.9 Å². The average molecular weight is 448 g/mol. The molecule has 3 rings (SSSR count).